The molecule has 0 aliphatic carbocycles. The van der Waals surface area contributed by atoms with Gasteiger partial charge in [-0.1, -0.05) is 18.2 Å². The Morgan fingerprint density at radius 1 is 1.15 bits per heavy atom. The van der Waals surface area contributed by atoms with Crippen LogP contribution in [0.5, 0.6) is 5.75 Å². The van der Waals surface area contributed by atoms with Gasteiger partial charge in [-0.3, -0.25) is 0 Å². The Kier molecular flexibility index (Phi) is 5.76. The van der Waals surface area contributed by atoms with Gasteiger partial charge in [0.1, 0.15) is 23.2 Å². The van der Waals surface area contributed by atoms with Crippen LogP contribution >= 0.6 is 0 Å². The first-order chi connectivity index (χ1) is 12.7. The molecule has 1 aromatic heterocycles. The number of para-hydroxylation sites is 1. The van der Waals surface area contributed by atoms with Crippen molar-refractivity contribution in [2.45, 2.75) is 13.0 Å². The third kappa shape index (κ3) is 4.34. The fourth-order valence-corrected chi connectivity index (χ4v) is 2.62. The smallest absolute Gasteiger partial charge is 0.319 e. The number of nitrogens with one attached hydrogen (secondary N) is 2. The molecule has 136 valence electrons. The number of carbonyl (C=O) groups excluding carboxylic acids is 1. The lowest BCUT2D eigenvalue weighted by Gasteiger charge is -2.14. The van der Waals surface area contributed by atoms with Gasteiger partial charge in [-0.2, -0.15) is 0 Å². The van der Waals surface area contributed by atoms with Crippen molar-refractivity contribution in [3.8, 4) is 5.75 Å². The Morgan fingerprint density at radius 3 is 2.62 bits per heavy atom. The standard InChI is InChI=1S/C20H22N2O4/c1-3-25-16-10-8-15(9-11-16)22-20(23)21-13-19(24-2)18-12-14-6-4-5-7-17(14)26-18/h4-12,19H,3,13H2,1-2H3,(H2,21,22,23)/t19-/m0/s1. The lowest BCUT2D eigenvalue weighted by atomic mass is 10.2. The molecule has 3 aromatic rings. The minimum absolute atomic E-state index is 0.291. The van der Waals surface area contributed by atoms with Crippen LogP contribution in [0.25, 0.3) is 11.0 Å². The van der Waals surface area contributed by atoms with Gasteiger partial charge in [0.2, 0.25) is 0 Å². The number of amides is 2. The van der Waals surface area contributed by atoms with Crippen LogP contribution < -0.4 is 15.4 Å². The van der Waals surface area contributed by atoms with E-state index in [0.717, 1.165) is 16.7 Å². The first-order valence-electron chi connectivity index (χ1n) is 8.48. The summed E-state index contributed by atoms with van der Waals surface area (Å²) in [7, 11) is 1.59. The normalized spacial score (nSPS) is 11.9. The zero-order valence-electron chi connectivity index (χ0n) is 14.8. The van der Waals surface area contributed by atoms with E-state index < -0.39 is 0 Å². The lowest BCUT2D eigenvalue weighted by molar-refractivity contribution is 0.0870. The number of furan rings is 1. The van der Waals surface area contributed by atoms with Gasteiger partial charge in [-0.15, -0.1) is 0 Å². The molecule has 2 amide bonds. The Morgan fingerprint density at radius 2 is 1.92 bits per heavy atom. The molecule has 1 heterocycles. The maximum atomic E-state index is 12.1. The highest BCUT2D eigenvalue weighted by molar-refractivity contribution is 5.89. The molecule has 2 aromatic carbocycles. The van der Waals surface area contributed by atoms with Gasteiger partial charge >= 0.3 is 6.03 Å². The van der Waals surface area contributed by atoms with Crippen molar-refractivity contribution in [2.24, 2.45) is 0 Å². The van der Waals surface area contributed by atoms with Crippen molar-refractivity contribution in [1.29, 1.82) is 0 Å². The van der Waals surface area contributed by atoms with Crippen LogP contribution in [0.1, 0.15) is 18.8 Å². The molecule has 0 fully saturated rings. The highest BCUT2D eigenvalue weighted by atomic mass is 16.5. The molecule has 6 heteroatoms. The third-order valence-corrected chi connectivity index (χ3v) is 3.92. The predicted molar refractivity (Wildman–Crippen MR) is 101 cm³/mol. The monoisotopic (exact) mass is 354 g/mol. The first-order valence-corrected chi connectivity index (χ1v) is 8.48. The number of rotatable bonds is 7. The Hall–Kier alpha value is -2.99. The lowest BCUT2D eigenvalue weighted by Crippen LogP contribution is -2.32. The molecule has 1 atom stereocenters. The number of fused-ring (bicyclic) bond motifs is 1. The Balaban J connectivity index is 1.56. The van der Waals surface area contributed by atoms with E-state index in [1.54, 1.807) is 19.2 Å². The van der Waals surface area contributed by atoms with E-state index in [1.165, 1.54) is 0 Å². The average molecular weight is 354 g/mol. The van der Waals surface area contributed by atoms with Gasteiger partial charge in [0.05, 0.1) is 13.2 Å². The molecule has 0 bridgehead atoms. The number of urea groups is 1. The summed E-state index contributed by atoms with van der Waals surface area (Å²) in [6.45, 7) is 2.82. The molecule has 0 saturated carbocycles. The van der Waals surface area contributed by atoms with Gasteiger partial charge in [0.15, 0.2) is 0 Å². The number of anilines is 1. The van der Waals surface area contributed by atoms with E-state index in [2.05, 4.69) is 10.6 Å². The highest BCUT2D eigenvalue weighted by Gasteiger charge is 2.17. The molecule has 3 rings (SSSR count). The van der Waals surface area contributed by atoms with Crippen LogP contribution in [0.15, 0.2) is 59.0 Å². The maximum absolute atomic E-state index is 12.1. The fourth-order valence-electron chi connectivity index (χ4n) is 2.62. The number of hydrogen-bond acceptors (Lipinski definition) is 4. The van der Waals surface area contributed by atoms with E-state index >= 15 is 0 Å². The minimum Gasteiger partial charge on any atom is -0.494 e. The Bertz CT molecular complexity index is 825. The summed E-state index contributed by atoms with van der Waals surface area (Å²) in [4.78, 5) is 12.1. The summed E-state index contributed by atoms with van der Waals surface area (Å²) >= 11 is 0. The van der Waals surface area contributed by atoms with Gasteiger partial charge in [0.25, 0.3) is 0 Å². The SMILES string of the molecule is CCOc1ccc(NC(=O)NC[C@H](OC)c2cc3ccccc3o2)cc1. The van der Waals surface area contributed by atoms with Crippen molar-refractivity contribution >= 4 is 22.7 Å². The van der Waals surface area contributed by atoms with E-state index in [4.69, 9.17) is 13.9 Å². The van der Waals surface area contributed by atoms with E-state index in [1.807, 2.05) is 49.4 Å². The summed E-state index contributed by atoms with van der Waals surface area (Å²) in [6.07, 6.45) is -0.367. The van der Waals surface area contributed by atoms with Crippen LogP contribution in [0, 0.1) is 0 Å². The molecule has 0 spiro atoms. The van der Waals surface area contributed by atoms with Crippen molar-refractivity contribution in [3.63, 3.8) is 0 Å². The summed E-state index contributed by atoms with van der Waals surface area (Å²) in [5, 5.41) is 6.58. The topological polar surface area (TPSA) is 72.7 Å². The number of benzene rings is 2. The van der Waals surface area contributed by atoms with E-state index in [-0.39, 0.29) is 12.1 Å². The number of carbonyl (C=O) groups is 1. The summed E-state index contributed by atoms with van der Waals surface area (Å²) < 4.78 is 16.6. The molecule has 0 saturated heterocycles. The molecule has 0 aliphatic heterocycles. The summed E-state index contributed by atoms with van der Waals surface area (Å²) in [5.41, 5.74) is 1.48. The zero-order valence-corrected chi connectivity index (χ0v) is 14.8. The summed E-state index contributed by atoms with van der Waals surface area (Å²) in [6, 6.07) is 16.6. The molecule has 6 nitrogen and oxygen atoms in total. The molecular formula is C20H22N2O4. The third-order valence-electron chi connectivity index (χ3n) is 3.92. The second kappa shape index (κ2) is 8.40. The Labute approximate surface area is 152 Å². The van der Waals surface area contributed by atoms with Crippen molar-refractivity contribution < 1.29 is 18.7 Å². The quantitative estimate of drug-likeness (QED) is 0.662. The molecule has 0 aliphatic rings. The zero-order chi connectivity index (χ0) is 18.4. The summed E-state index contributed by atoms with van der Waals surface area (Å²) in [5.74, 6) is 1.44. The number of ether oxygens (including phenoxy) is 2. The number of hydrogen-bond donors (Lipinski definition) is 2. The highest BCUT2D eigenvalue weighted by Crippen LogP contribution is 2.25. The van der Waals surface area contributed by atoms with Crippen molar-refractivity contribution in [3.05, 3.63) is 60.4 Å². The van der Waals surface area contributed by atoms with Crippen LogP contribution in [0.4, 0.5) is 10.5 Å². The maximum Gasteiger partial charge on any atom is 0.319 e. The average Bonchev–Trinajstić information content (AvgIpc) is 3.08. The van der Waals surface area contributed by atoms with Gasteiger partial charge in [-0.05, 0) is 43.3 Å². The van der Waals surface area contributed by atoms with Gasteiger partial charge in [0, 0.05) is 18.2 Å². The largest absolute Gasteiger partial charge is 0.494 e. The second-order valence-electron chi connectivity index (χ2n) is 5.70. The van der Waals surface area contributed by atoms with Crippen LogP contribution in [-0.4, -0.2) is 26.3 Å². The second-order valence-corrected chi connectivity index (χ2v) is 5.70. The first kappa shape index (κ1) is 17.8. The van der Waals surface area contributed by atoms with Crippen molar-refractivity contribution in [1.82, 2.24) is 5.32 Å². The minimum atomic E-state index is -0.367. The van der Waals surface area contributed by atoms with Crippen molar-refractivity contribution in [2.75, 3.05) is 25.6 Å². The molecular weight excluding hydrogens is 332 g/mol. The molecule has 0 radical (unpaired) electrons. The molecule has 2 N–H and O–H groups in total. The van der Waals surface area contributed by atoms with Crippen LogP contribution in [0.2, 0.25) is 0 Å². The number of methoxy groups -OCH3 is 1. The van der Waals surface area contributed by atoms with E-state index in [9.17, 15) is 4.79 Å². The molecule has 0 unspecified atom stereocenters. The predicted octanol–water partition coefficient (Wildman–Crippen LogP) is 4.34. The molecule has 26 heavy (non-hydrogen) atoms. The fraction of sp³-hybridized carbons (Fsp3) is 0.250. The van der Waals surface area contributed by atoms with Gasteiger partial charge in [-0.25, -0.2) is 4.79 Å². The van der Waals surface area contributed by atoms with Crippen LogP contribution in [0.3, 0.4) is 0 Å². The van der Waals surface area contributed by atoms with Gasteiger partial charge < -0.3 is 24.5 Å². The van der Waals surface area contributed by atoms with Crippen LogP contribution in [-0.2, 0) is 4.74 Å². The van der Waals surface area contributed by atoms with E-state index in [0.29, 0.717) is 24.6 Å².